The van der Waals surface area contributed by atoms with Gasteiger partial charge in [-0.05, 0) is 49.4 Å². The topological polar surface area (TPSA) is 38.0 Å². The Balaban J connectivity index is 2.07. The fraction of sp³-hybridized carbons (Fsp3) is 0.357. The molecule has 0 aliphatic heterocycles. The molecule has 1 aromatic carbocycles. The number of fused-ring (bicyclic) bond motifs is 1. The van der Waals surface area contributed by atoms with Gasteiger partial charge in [0.15, 0.2) is 0 Å². The van der Waals surface area contributed by atoms with Crippen molar-refractivity contribution in [3.05, 3.63) is 47.5 Å². The maximum atomic E-state index is 9.92. The van der Waals surface area contributed by atoms with Crippen LogP contribution >= 0.6 is 0 Å². The first-order valence-electron chi connectivity index (χ1n) is 6.07. The molecule has 0 saturated heterocycles. The molecule has 1 N–H and O–H groups in total. The largest absolute Gasteiger partial charge is 0.388 e. The zero-order valence-corrected chi connectivity index (χ0v) is 9.93. The van der Waals surface area contributed by atoms with Gasteiger partial charge in [0.1, 0.15) is 5.82 Å². The van der Waals surface area contributed by atoms with Crippen LogP contribution in [-0.2, 0) is 6.42 Å². The number of aliphatic hydroxyl groups is 1. The zero-order chi connectivity index (χ0) is 11.8. The average molecular weight is 228 g/mol. The first kappa shape index (κ1) is 10.5. The van der Waals surface area contributed by atoms with Crippen molar-refractivity contribution in [2.75, 3.05) is 0 Å². The van der Waals surface area contributed by atoms with E-state index in [0.29, 0.717) is 0 Å². The van der Waals surface area contributed by atoms with Crippen molar-refractivity contribution in [3.8, 4) is 5.69 Å². The van der Waals surface area contributed by atoms with E-state index in [9.17, 15) is 5.11 Å². The number of aliphatic hydroxyl groups excluding tert-OH is 1. The minimum atomic E-state index is -0.281. The second kappa shape index (κ2) is 4.00. The number of imidazole rings is 1. The molecule has 0 radical (unpaired) electrons. The van der Waals surface area contributed by atoms with Gasteiger partial charge in [0.25, 0.3) is 0 Å². The highest BCUT2D eigenvalue weighted by atomic mass is 16.3. The van der Waals surface area contributed by atoms with Gasteiger partial charge in [-0.25, -0.2) is 4.98 Å². The van der Waals surface area contributed by atoms with E-state index in [-0.39, 0.29) is 6.10 Å². The summed E-state index contributed by atoms with van der Waals surface area (Å²) in [7, 11) is 0. The van der Waals surface area contributed by atoms with Crippen LogP contribution in [0.4, 0.5) is 0 Å². The van der Waals surface area contributed by atoms with Crippen molar-refractivity contribution >= 4 is 0 Å². The van der Waals surface area contributed by atoms with E-state index in [1.165, 1.54) is 5.56 Å². The van der Waals surface area contributed by atoms with Crippen LogP contribution in [0.2, 0.25) is 0 Å². The highest BCUT2D eigenvalue weighted by molar-refractivity contribution is 5.43. The predicted molar refractivity (Wildman–Crippen MR) is 66.2 cm³/mol. The summed E-state index contributed by atoms with van der Waals surface area (Å²) in [6.45, 7) is 1.99. The number of rotatable bonds is 1. The highest BCUT2D eigenvalue weighted by Gasteiger charge is 2.18. The first-order valence-corrected chi connectivity index (χ1v) is 6.07. The minimum Gasteiger partial charge on any atom is -0.388 e. The molecule has 0 bridgehead atoms. The molecule has 1 aromatic heterocycles. The number of nitrogens with zero attached hydrogens (tertiary/aromatic N) is 2. The maximum Gasteiger partial charge on any atom is 0.110 e. The molecule has 3 heteroatoms. The third-order valence-electron chi connectivity index (χ3n) is 3.51. The van der Waals surface area contributed by atoms with Gasteiger partial charge < -0.3 is 9.67 Å². The van der Waals surface area contributed by atoms with E-state index in [1.807, 2.05) is 25.4 Å². The molecule has 0 spiro atoms. The van der Waals surface area contributed by atoms with Gasteiger partial charge in [0, 0.05) is 18.1 Å². The zero-order valence-electron chi connectivity index (χ0n) is 9.93. The number of hydrogen-bond donors (Lipinski definition) is 1. The molecule has 0 amide bonds. The Morgan fingerprint density at radius 1 is 1.41 bits per heavy atom. The normalized spacial score (nSPS) is 19.1. The monoisotopic (exact) mass is 228 g/mol. The molecular weight excluding hydrogens is 212 g/mol. The quantitative estimate of drug-likeness (QED) is 0.814. The molecule has 1 atom stereocenters. The molecule has 0 saturated carbocycles. The van der Waals surface area contributed by atoms with Crippen molar-refractivity contribution in [2.24, 2.45) is 0 Å². The van der Waals surface area contributed by atoms with Crippen LogP contribution in [0.15, 0.2) is 30.6 Å². The fourth-order valence-electron chi connectivity index (χ4n) is 2.58. The fourth-order valence-corrected chi connectivity index (χ4v) is 2.58. The molecule has 1 aliphatic carbocycles. The summed E-state index contributed by atoms with van der Waals surface area (Å²) in [4.78, 5) is 4.23. The Morgan fingerprint density at radius 3 is 3.06 bits per heavy atom. The van der Waals surface area contributed by atoms with Crippen LogP contribution in [0.25, 0.3) is 5.69 Å². The van der Waals surface area contributed by atoms with Gasteiger partial charge >= 0.3 is 0 Å². The third kappa shape index (κ3) is 1.76. The van der Waals surface area contributed by atoms with E-state index >= 15 is 0 Å². The second-order valence-electron chi connectivity index (χ2n) is 4.64. The molecule has 3 rings (SSSR count). The lowest BCUT2D eigenvalue weighted by molar-refractivity contribution is 0.156. The van der Waals surface area contributed by atoms with Gasteiger partial charge in [-0.3, -0.25) is 0 Å². The molecule has 1 unspecified atom stereocenters. The molecule has 2 aromatic rings. The molecule has 3 nitrogen and oxygen atoms in total. The summed E-state index contributed by atoms with van der Waals surface area (Å²) in [5.74, 6) is 0.987. The van der Waals surface area contributed by atoms with Gasteiger partial charge in [0.2, 0.25) is 0 Å². The van der Waals surface area contributed by atoms with Crippen molar-refractivity contribution in [1.29, 1.82) is 0 Å². The minimum absolute atomic E-state index is 0.281. The Kier molecular flexibility index (Phi) is 2.48. The van der Waals surface area contributed by atoms with Crippen molar-refractivity contribution in [1.82, 2.24) is 9.55 Å². The van der Waals surface area contributed by atoms with E-state index in [2.05, 4.69) is 21.7 Å². The average Bonchev–Trinajstić information content (AvgIpc) is 2.75. The SMILES string of the molecule is Cc1nccn1-c1ccc2c(c1)CCCC2O. The summed E-state index contributed by atoms with van der Waals surface area (Å²) < 4.78 is 2.07. The summed E-state index contributed by atoms with van der Waals surface area (Å²) in [6, 6.07) is 6.28. The van der Waals surface area contributed by atoms with Gasteiger partial charge in [-0.15, -0.1) is 0 Å². The van der Waals surface area contributed by atoms with Crippen molar-refractivity contribution < 1.29 is 5.11 Å². The van der Waals surface area contributed by atoms with Crippen LogP contribution in [0.5, 0.6) is 0 Å². The Labute approximate surface area is 101 Å². The summed E-state index contributed by atoms with van der Waals surface area (Å²) in [5, 5.41) is 9.92. The van der Waals surface area contributed by atoms with Crippen molar-refractivity contribution in [3.63, 3.8) is 0 Å². The van der Waals surface area contributed by atoms with Crippen LogP contribution in [0, 0.1) is 6.92 Å². The first-order chi connectivity index (χ1) is 8.25. The molecule has 17 heavy (non-hydrogen) atoms. The van der Waals surface area contributed by atoms with Crippen LogP contribution in [0.3, 0.4) is 0 Å². The lowest BCUT2D eigenvalue weighted by Gasteiger charge is -2.22. The molecule has 88 valence electrons. The third-order valence-corrected chi connectivity index (χ3v) is 3.51. The predicted octanol–water partition coefficient (Wildman–Crippen LogP) is 2.55. The van der Waals surface area contributed by atoms with E-state index < -0.39 is 0 Å². The number of aryl methyl sites for hydroxylation is 2. The van der Waals surface area contributed by atoms with Gasteiger partial charge in [-0.1, -0.05) is 6.07 Å². The van der Waals surface area contributed by atoms with Crippen LogP contribution in [-0.4, -0.2) is 14.7 Å². The lowest BCUT2D eigenvalue weighted by Crippen LogP contribution is -2.10. The Bertz CT molecular complexity index is 545. The molecule has 1 aliphatic rings. The van der Waals surface area contributed by atoms with E-state index in [1.54, 1.807) is 0 Å². The van der Waals surface area contributed by atoms with Crippen LogP contribution < -0.4 is 0 Å². The summed E-state index contributed by atoms with van der Waals surface area (Å²) >= 11 is 0. The lowest BCUT2D eigenvalue weighted by atomic mass is 9.89. The van der Waals surface area contributed by atoms with E-state index in [4.69, 9.17) is 0 Å². The number of aromatic nitrogens is 2. The summed E-state index contributed by atoms with van der Waals surface area (Å²) in [6.07, 6.45) is 6.52. The van der Waals surface area contributed by atoms with Gasteiger partial charge in [-0.2, -0.15) is 0 Å². The smallest absolute Gasteiger partial charge is 0.110 e. The maximum absolute atomic E-state index is 9.92. The number of benzene rings is 1. The molecule has 0 fully saturated rings. The summed E-state index contributed by atoms with van der Waals surface area (Å²) in [5.41, 5.74) is 3.50. The molecule has 1 heterocycles. The Morgan fingerprint density at radius 2 is 2.29 bits per heavy atom. The van der Waals surface area contributed by atoms with E-state index in [0.717, 1.165) is 36.3 Å². The highest BCUT2D eigenvalue weighted by Crippen LogP contribution is 2.30. The standard InChI is InChI=1S/C14H16N2O/c1-10-15-7-8-16(10)12-5-6-13-11(9-12)3-2-4-14(13)17/h5-9,14,17H,2-4H2,1H3. The van der Waals surface area contributed by atoms with Gasteiger partial charge in [0.05, 0.1) is 6.10 Å². The number of hydrogen-bond acceptors (Lipinski definition) is 2. The Hall–Kier alpha value is -1.61. The van der Waals surface area contributed by atoms with Crippen LogP contribution in [0.1, 0.15) is 35.9 Å². The van der Waals surface area contributed by atoms with Crippen molar-refractivity contribution in [2.45, 2.75) is 32.3 Å². The second-order valence-corrected chi connectivity index (χ2v) is 4.64. The molecular formula is C14H16N2O.